The number of carbonyl (C=O) groups excluding carboxylic acids is 3. The largest absolute Gasteiger partial charge is 0.484 e. The van der Waals surface area contributed by atoms with E-state index in [9.17, 15) is 14.4 Å². The number of nitrogens with zero attached hydrogens (tertiary/aromatic N) is 1. The Morgan fingerprint density at radius 3 is 1.78 bits per heavy atom. The van der Waals surface area contributed by atoms with Gasteiger partial charge >= 0.3 is 0 Å². The molecule has 8 heteroatoms. The Balaban J connectivity index is 1.55. The van der Waals surface area contributed by atoms with Crippen molar-refractivity contribution in [1.82, 2.24) is 4.90 Å². The van der Waals surface area contributed by atoms with Crippen molar-refractivity contribution >= 4 is 23.4 Å². The first kappa shape index (κ1) is 22.4. The molecule has 0 fully saturated rings. The van der Waals surface area contributed by atoms with Crippen molar-refractivity contribution in [3.05, 3.63) is 83.9 Å². The van der Waals surface area contributed by atoms with Gasteiger partial charge in [0.1, 0.15) is 17.2 Å². The fourth-order valence-electron chi connectivity index (χ4n) is 2.61. The molecule has 0 spiro atoms. The highest BCUT2D eigenvalue weighted by Crippen LogP contribution is 2.23. The third-order valence-corrected chi connectivity index (χ3v) is 4.46. The van der Waals surface area contributed by atoms with Crippen LogP contribution in [-0.4, -0.2) is 43.3 Å². The van der Waals surface area contributed by atoms with Crippen molar-refractivity contribution in [3.63, 3.8) is 0 Å². The zero-order valence-electron chi connectivity index (χ0n) is 17.7. The smallest absolute Gasteiger partial charge is 0.259 e. The molecule has 32 heavy (non-hydrogen) atoms. The normalized spacial score (nSPS) is 10.2. The molecule has 0 saturated carbocycles. The zero-order chi connectivity index (χ0) is 23.1. The Kier molecular flexibility index (Phi) is 7.07. The molecule has 3 aromatic carbocycles. The highest BCUT2D eigenvalue weighted by molar-refractivity contribution is 6.04. The first-order chi connectivity index (χ1) is 15.3. The lowest BCUT2D eigenvalue weighted by molar-refractivity contribution is -0.130. The van der Waals surface area contributed by atoms with E-state index in [4.69, 9.17) is 15.2 Å². The molecule has 0 radical (unpaired) electrons. The van der Waals surface area contributed by atoms with Gasteiger partial charge in [-0.1, -0.05) is 0 Å². The summed E-state index contributed by atoms with van der Waals surface area (Å²) in [6.45, 7) is -0.0532. The summed E-state index contributed by atoms with van der Waals surface area (Å²) in [5.41, 5.74) is 6.67. The topological polar surface area (TPSA) is 111 Å². The predicted octanol–water partition coefficient (Wildman–Crippen LogP) is 3.30. The number of hydrogen-bond donors (Lipinski definition) is 2. The molecule has 0 unspecified atom stereocenters. The van der Waals surface area contributed by atoms with Crippen LogP contribution in [0.4, 0.5) is 5.69 Å². The van der Waals surface area contributed by atoms with Crippen LogP contribution < -0.4 is 20.5 Å². The molecule has 0 heterocycles. The van der Waals surface area contributed by atoms with Crippen molar-refractivity contribution in [2.45, 2.75) is 0 Å². The number of carbonyl (C=O) groups is 3. The first-order valence-electron chi connectivity index (χ1n) is 9.74. The highest BCUT2D eigenvalue weighted by atomic mass is 16.5. The number of nitrogens with two attached hydrogens (primary N) is 1. The number of likely N-dealkylation sites (N-methyl/N-ethyl adjacent to an activating group) is 1. The Hall–Kier alpha value is -4.33. The van der Waals surface area contributed by atoms with Crippen LogP contribution in [0.5, 0.6) is 17.2 Å². The van der Waals surface area contributed by atoms with E-state index in [0.29, 0.717) is 34.1 Å². The average Bonchev–Trinajstić information content (AvgIpc) is 2.79. The Labute approximate surface area is 185 Å². The Bertz CT molecular complexity index is 1090. The summed E-state index contributed by atoms with van der Waals surface area (Å²) < 4.78 is 11.1. The van der Waals surface area contributed by atoms with Crippen molar-refractivity contribution < 1.29 is 23.9 Å². The van der Waals surface area contributed by atoms with Crippen LogP contribution in [0.25, 0.3) is 0 Å². The number of benzene rings is 3. The first-order valence-corrected chi connectivity index (χ1v) is 9.74. The zero-order valence-corrected chi connectivity index (χ0v) is 17.7. The summed E-state index contributed by atoms with van der Waals surface area (Å²) in [5, 5.41) is 2.80. The fourth-order valence-corrected chi connectivity index (χ4v) is 2.61. The molecule has 0 saturated heterocycles. The second-order valence-corrected chi connectivity index (χ2v) is 7.07. The summed E-state index contributed by atoms with van der Waals surface area (Å²) in [5.74, 6) is 0.692. The van der Waals surface area contributed by atoms with Gasteiger partial charge < -0.3 is 25.4 Å². The molecule has 0 aliphatic heterocycles. The van der Waals surface area contributed by atoms with Crippen molar-refractivity contribution in [2.75, 3.05) is 26.0 Å². The third kappa shape index (κ3) is 6.09. The molecule has 3 aromatic rings. The molecule has 3 amide bonds. The van der Waals surface area contributed by atoms with E-state index in [2.05, 4.69) is 5.32 Å². The van der Waals surface area contributed by atoms with Crippen molar-refractivity contribution in [3.8, 4) is 17.2 Å². The predicted molar refractivity (Wildman–Crippen MR) is 120 cm³/mol. The molecule has 0 bridgehead atoms. The molecular formula is C24H23N3O5. The minimum Gasteiger partial charge on any atom is -0.484 e. The third-order valence-electron chi connectivity index (χ3n) is 4.46. The van der Waals surface area contributed by atoms with Crippen molar-refractivity contribution in [1.29, 1.82) is 0 Å². The van der Waals surface area contributed by atoms with Gasteiger partial charge in [0.25, 0.3) is 11.8 Å². The molecular weight excluding hydrogens is 410 g/mol. The number of hydrogen-bond acceptors (Lipinski definition) is 5. The maximum Gasteiger partial charge on any atom is 0.259 e. The van der Waals surface area contributed by atoms with Crippen molar-refractivity contribution in [2.24, 2.45) is 5.73 Å². The SMILES string of the molecule is CN(C)C(=O)COc1ccc(NC(=O)c2ccc(Oc3ccc(C(N)=O)cc3)cc2)cc1. The summed E-state index contributed by atoms with van der Waals surface area (Å²) in [7, 11) is 3.32. The van der Waals surface area contributed by atoms with Crippen LogP contribution in [-0.2, 0) is 4.79 Å². The monoisotopic (exact) mass is 433 g/mol. The molecule has 0 aromatic heterocycles. The summed E-state index contributed by atoms with van der Waals surface area (Å²) in [4.78, 5) is 36.6. The Morgan fingerprint density at radius 2 is 1.28 bits per heavy atom. The molecule has 3 rings (SSSR count). The number of rotatable bonds is 8. The van der Waals surface area contributed by atoms with Gasteiger partial charge in [-0.25, -0.2) is 0 Å². The van der Waals surface area contributed by atoms with Crippen LogP contribution in [0.15, 0.2) is 72.8 Å². The van der Waals surface area contributed by atoms with Crippen LogP contribution >= 0.6 is 0 Å². The van der Waals surface area contributed by atoms with Crippen LogP contribution in [0.2, 0.25) is 0 Å². The molecule has 0 aliphatic rings. The van der Waals surface area contributed by atoms with Crippen LogP contribution in [0, 0.1) is 0 Å². The quantitative estimate of drug-likeness (QED) is 0.566. The second kappa shape index (κ2) is 10.1. The minimum absolute atomic E-state index is 0.0532. The maximum atomic E-state index is 12.5. The van der Waals surface area contributed by atoms with Gasteiger partial charge in [-0.05, 0) is 72.8 Å². The number of ether oxygens (including phenoxy) is 2. The fraction of sp³-hybridized carbons (Fsp3) is 0.125. The molecule has 0 aliphatic carbocycles. The number of anilines is 1. The van der Waals surface area contributed by atoms with E-state index in [1.807, 2.05) is 0 Å². The lowest BCUT2D eigenvalue weighted by Gasteiger charge is -2.12. The molecule has 3 N–H and O–H groups in total. The van der Waals surface area contributed by atoms with Gasteiger partial charge in [0, 0.05) is 30.9 Å². The summed E-state index contributed by atoms with van der Waals surface area (Å²) in [6, 6.07) is 19.8. The molecule has 0 atom stereocenters. The van der Waals surface area contributed by atoms with Crippen LogP contribution in [0.1, 0.15) is 20.7 Å². The number of primary amides is 1. The van der Waals surface area contributed by atoms with Gasteiger partial charge in [0.15, 0.2) is 6.61 Å². The molecule has 164 valence electrons. The Morgan fingerprint density at radius 1 is 0.781 bits per heavy atom. The van der Waals surface area contributed by atoms with E-state index in [1.54, 1.807) is 86.9 Å². The number of amides is 3. The van der Waals surface area contributed by atoms with E-state index in [0.717, 1.165) is 0 Å². The summed E-state index contributed by atoms with van der Waals surface area (Å²) >= 11 is 0. The summed E-state index contributed by atoms with van der Waals surface area (Å²) in [6.07, 6.45) is 0. The average molecular weight is 433 g/mol. The van der Waals surface area contributed by atoms with Gasteiger partial charge in [0.05, 0.1) is 0 Å². The lowest BCUT2D eigenvalue weighted by Crippen LogP contribution is -2.27. The standard InChI is InChI=1S/C24H23N3O5/c1-27(2)22(28)15-31-19-13-7-18(8-14-19)26-24(30)17-5-11-21(12-6-17)32-20-9-3-16(4-10-20)23(25)29/h3-14H,15H2,1-2H3,(H2,25,29)(H,26,30). The van der Waals surface area contributed by atoms with Gasteiger partial charge in [-0.2, -0.15) is 0 Å². The minimum atomic E-state index is -0.506. The maximum absolute atomic E-state index is 12.5. The van der Waals surface area contributed by atoms with Gasteiger partial charge in [-0.15, -0.1) is 0 Å². The van der Waals surface area contributed by atoms with Crippen LogP contribution in [0.3, 0.4) is 0 Å². The van der Waals surface area contributed by atoms with Gasteiger partial charge in [-0.3, -0.25) is 14.4 Å². The highest BCUT2D eigenvalue weighted by Gasteiger charge is 2.09. The second-order valence-electron chi connectivity index (χ2n) is 7.07. The van der Waals surface area contributed by atoms with E-state index < -0.39 is 5.91 Å². The van der Waals surface area contributed by atoms with E-state index >= 15 is 0 Å². The van der Waals surface area contributed by atoms with E-state index in [-0.39, 0.29) is 18.4 Å². The molecule has 8 nitrogen and oxygen atoms in total. The van der Waals surface area contributed by atoms with E-state index in [1.165, 1.54) is 4.90 Å². The number of nitrogens with one attached hydrogen (secondary N) is 1. The lowest BCUT2D eigenvalue weighted by atomic mass is 10.2. The van der Waals surface area contributed by atoms with Gasteiger partial charge in [0.2, 0.25) is 5.91 Å².